The van der Waals surface area contributed by atoms with Crippen LogP contribution in [0.3, 0.4) is 0 Å². The Morgan fingerprint density at radius 2 is 1.73 bits per heavy atom. The van der Waals surface area contributed by atoms with Gasteiger partial charge in [0.05, 0.1) is 29.8 Å². The molecule has 4 aromatic heterocycles. The molecule has 0 fully saturated rings. The number of aromatic amines is 1. The van der Waals surface area contributed by atoms with Gasteiger partial charge in [-0.1, -0.05) is 53.1 Å². The maximum absolute atomic E-state index is 13.0. The number of pyridine rings is 2. The van der Waals surface area contributed by atoms with Gasteiger partial charge in [-0.25, -0.2) is 0 Å². The molecule has 0 amide bonds. The molecule has 5 heterocycles. The Morgan fingerprint density at radius 1 is 1.04 bits per heavy atom. The van der Waals surface area contributed by atoms with E-state index in [9.17, 15) is 4.79 Å². The lowest BCUT2D eigenvalue weighted by molar-refractivity contribution is 0.0974. The summed E-state index contributed by atoms with van der Waals surface area (Å²) in [6, 6.07) is 5.36. The van der Waals surface area contributed by atoms with Crippen molar-refractivity contribution < 1.29 is 13.6 Å². The van der Waals surface area contributed by atoms with E-state index in [-0.39, 0.29) is 26.9 Å². The molecule has 0 saturated carbocycles. The summed E-state index contributed by atoms with van der Waals surface area (Å²) < 4.78 is 16.4. The smallest absolute Gasteiger partial charge is 0.213 e. The summed E-state index contributed by atoms with van der Waals surface area (Å²) in [5.41, 5.74) is 3.88. The molecule has 0 saturated heterocycles. The van der Waals surface area contributed by atoms with Crippen molar-refractivity contribution in [2.75, 3.05) is 13.2 Å². The lowest BCUT2D eigenvalue weighted by Gasteiger charge is -2.41. The van der Waals surface area contributed by atoms with Crippen molar-refractivity contribution in [3.63, 3.8) is 0 Å². The van der Waals surface area contributed by atoms with Crippen LogP contribution in [0.2, 0.25) is 34.7 Å². The van der Waals surface area contributed by atoms with Gasteiger partial charge < -0.3 is 23.3 Å². The van der Waals surface area contributed by atoms with Crippen LogP contribution in [0.15, 0.2) is 55.4 Å². The topological polar surface area (TPSA) is 85.3 Å². The summed E-state index contributed by atoms with van der Waals surface area (Å²) >= 11 is 8.42. The second kappa shape index (κ2) is 15.6. The molecule has 8 nitrogen and oxygen atoms in total. The van der Waals surface area contributed by atoms with Crippen LogP contribution in [-0.2, 0) is 20.9 Å². The first-order valence-electron chi connectivity index (χ1n) is 17.6. The zero-order chi connectivity index (χ0) is 38.2. The highest BCUT2D eigenvalue weighted by Crippen LogP contribution is 2.38. The molecule has 278 valence electrons. The molecule has 51 heavy (non-hydrogen) atoms. The van der Waals surface area contributed by atoms with E-state index in [4.69, 9.17) is 20.5 Å². The van der Waals surface area contributed by atoms with E-state index < -0.39 is 17.4 Å². The number of nitrogens with zero attached hydrogens (tertiary/aromatic N) is 4. The maximum Gasteiger partial charge on any atom is 0.213 e. The Hall–Kier alpha value is -2.30. The zero-order valence-electron chi connectivity index (χ0n) is 32.7. The molecule has 1 aliphatic heterocycles. The lowest BCUT2D eigenvalue weighted by atomic mass is 9.98. The van der Waals surface area contributed by atoms with Crippen molar-refractivity contribution in [2.24, 2.45) is 0 Å². The van der Waals surface area contributed by atoms with Gasteiger partial charge in [0.25, 0.3) is 0 Å². The molecule has 4 aromatic rings. The number of ketones is 1. The van der Waals surface area contributed by atoms with E-state index >= 15 is 0 Å². The fraction of sp³-hybridized carbons (Fsp3) is 0.513. The molecule has 5 rings (SSSR count). The van der Waals surface area contributed by atoms with Gasteiger partial charge in [-0.2, -0.15) is 0 Å². The third kappa shape index (κ3) is 9.83. The highest BCUT2D eigenvalue weighted by molar-refractivity contribution is 14.1. The standard InChI is InChI=1S/C22H30ClN3O2Si.C17H27IN2OSi/c1-21(2,3)29(6)28-14-22(4,5)26-10-8-18-17(13-26)16(12-25-18)20(27)19-11-15(23)7-9-24-19;1-16(2,3)22(6,7)21-12-17(4,5)20-11-14(18)13-10-19-9-8-15(13)20/h7-12,25,29H,13-14H2,1-6H3;8-11H,12H2,1-7H3. The van der Waals surface area contributed by atoms with Gasteiger partial charge in [0.1, 0.15) is 5.69 Å². The zero-order valence-corrected chi connectivity index (χ0v) is 37.8. The number of fused-ring (bicyclic) bond motifs is 2. The molecule has 1 unspecified atom stereocenters. The van der Waals surface area contributed by atoms with Crippen molar-refractivity contribution in [2.45, 2.75) is 117 Å². The van der Waals surface area contributed by atoms with Crippen LogP contribution in [0.1, 0.15) is 96.5 Å². The molecule has 1 atom stereocenters. The number of carbonyl (C=O) groups excluding carboxylic acids is 1. The first kappa shape index (κ1) is 41.5. The quantitative estimate of drug-likeness (QED) is 0.0971. The molecule has 0 radical (unpaired) electrons. The Bertz CT molecular complexity index is 1870. The van der Waals surface area contributed by atoms with Crippen molar-refractivity contribution >= 4 is 74.3 Å². The number of H-pyrrole nitrogens is 1. The maximum atomic E-state index is 13.0. The molecular weight excluding hydrogens is 805 g/mol. The molecule has 0 spiro atoms. The van der Waals surface area contributed by atoms with Gasteiger partial charge in [0.2, 0.25) is 5.78 Å². The lowest BCUT2D eigenvalue weighted by Crippen LogP contribution is -2.46. The van der Waals surface area contributed by atoms with Crippen LogP contribution in [0.5, 0.6) is 0 Å². The number of hydrogen-bond donors (Lipinski definition) is 1. The fourth-order valence-electron chi connectivity index (χ4n) is 5.30. The van der Waals surface area contributed by atoms with Crippen LogP contribution >= 0.6 is 34.2 Å². The Kier molecular flexibility index (Phi) is 12.7. The second-order valence-electron chi connectivity index (χ2n) is 17.5. The highest BCUT2D eigenvalue weighted by Gasteiger charge is 2.39. The van der Waals surface area contributed by atoms with Gasteiger partial charge in [-0.05, 0) is 104 Å². The van der Waals surface area contributed by atoms with Crippen molar-refractivity contribution in [3.05, 3.63) is 86.5 Å². The van der Waals surface area contributed by atoms with Crippen molar-refractivity contribution in [1.29, 1.82) is 0 Å². The predicted molar refractivity (Wildman–Crippen MR) is 226 cm³/mol. The summed E-state index contributed by atoms with van der Waals surface area (Å²) in [6.45, 7) is 31.3. The molecule has 1 aliphatic rings. The van der Waals surface area contributed by atoms with Crippen LogP contribution in [-0.4, -0.2) is 66.3 Å². The number of nitrogens with one attached hydrogen (secondary N) is 1. The summed E-state index contributed by atoms with van der Waals surface area (Å²) in [5, 5.41) is 2.18. The minimum Gasteiger partial charge on any atom is -0.417 e. The summed E-state index contributed by atoms with van der Waals surface area (Å²) in [4.78, 5) is 26.9. The fourth-order valence-corrected chi connectivity index (χ4v) is 8.46. The van der Waals surface area contributed by atoms with Gasteiger partial charge in [-0.3, -0.25) is 14.8 Å². The van der Waals surface area contributed by atoms with Crippen LogP contribution in [0, 0.1) is 3.57 Å². The monoisotopic (exact) mass is 861 g/mol. The van der Waals surface area contributed by atoms with Gasteiger partial charge in [-0.15, -0.1) is 0 Å². The normalized spacial score (nSPS) is 14.7. The van der Waals surface area contributed by atoms with E-state index in [0.29, 0.717) is 29.4 Å². The summed E-state index contributed by atoms with van der Waals surface area (Å²) in [7, 11) is -3.04. The third-order valence-corrected chi connectivity index (χ3v) is 19.1. The SMILES string of the molecule is CC(C)(CO[Si](C)(C)C(C)(C)C)n1cc(I)c2cnccc21.C[SiH](OCC(C)(C)N1C=Cc2[nH]cc(C(=O)c3cc(Cl)ccn3)c2C1)C(C)(C)C. The van der Waals surface area contributed by atoms with E-state index in [1.807, 2.05) is 18.5 Å². The number of aromatic nitrogens is 4. The Morgan fingerprint density at radius 3 is 2.35 bits per heavy atom. The predicted octanol–water partition coefficient (Wildman–Crippen LogP) is 10.4. The average Bonchev–Trinajstić information content (AvgIpc) is 3.63. The molecular formula is C39H57ClIN5O3Si2. The van der Waals surface area contributed by atoms with Gasteiger partial charge in [0.15, 0.2) is 17.4 Å². The first-order chi connectivity index (χ1) is 23.4. The minimum absolute atomic E-state index is 0.0848. The molecule has 12 heteroatoms. The van der Waals surface area contributed by atoms with Crippen LogP contribution in [0.25, 0.3) is 17.0 Å². The molecule has 1 N–H and O–H groups in total. The average molecular weight is 862 g/mol. The Labute approximate surface area is 326 Å². The number of halogens is 2. The summed E-state index contributed by atoms with van der Waals surface area (Å²) in [5.74, 6) is -0.122. The van der Waals surface area contributed by atoms with E-state index in [2.05, 4.69) is 154 Å². The number of hydrogen-bond acceptors (Lipinski definition) is 6. The minimum atomic E-state index is -1.74. The largest absolute Gasteiger partial charge is 0.417 e. The van der Waals surface area contributed by atoms with Crippen LogP contribution in [0.4, 0.5) is 0 Å². The molecule has 0 bridgehead atoms. The summed E-state index contributed by atoms with van der Waals surface area (Å²) in [6.07, 6.45) is 13.4. The molecule has 0 aromatic carbocycles. The van der Waals surface area contributed by atoms with Crippen LogP contribution < -0.4 is 0 Å². The van der Waals surface area contributed by atoms with Crippen molar-refractivity contribution in [1.82, 2.24) is 24.4 Å². The van der Waals surface area contributed by atoms with E-state index in [0.717, 1.165) is 17.9 Å². The van der Waals surface area contributed by atoms with E-state index in [1.54, 1.807) is 24.5 Å². The third-order valence-electron chi connectivity index (χ3n) is 10.5. The molecule has 0 aliphatic carbocycles. The van der Waals surface area contributed by atoms with Gasteiger partial charge >= 0.3 is 0 Å². The number of carbonyl (C=O) groups is 1. The van der Waals surface area contributed by atoms with Crippen molar-refractivity contribution in [3.8, 4) is 0 Å². The van der Waals surface area contributed by atoms with E-state index in [1.165, 1.54) is 14.5 Å². The Balaban J connectivity index is 0.000000238. The second-order valence-corrected chi connectivity index (χ2v) is 27.2. The number of rotatable bonds is 10. The highest BCUT2D eigenvalue weighted by atomic mass is 127. The first-order valence-corrected chi connectivity index (χ1v) is 24.2. The van der Waals surface area contributed by atoms with Gasteiger partial charge in [0, 0.05) is 74.5 Å².